The van der Waals surface area contributed by atoms with Crippen molar-refractivity contribution in [1.82, 2.24) is 4.90 Å². The van der Waals surface area contributed by atoms with Crippen LogP contribution in [0.5, 0.6) is 0 Å². The number of rotatable bonds is 2. The standard InChI is InChI=1S/C10H19NS/c1-10(2)4-6-11-5-3-8-12-9-7-11/h4H,3,5-9H2,1-2H3. The summed E-state index contributed by atoms with van der Waals surface area (Å²) in [4.78, 5) is 2.55. The number of thioether (sulfide) groups is 1. The fourth-order valence-electron chi connectivity index (χ4n) is 1.29. The molecule has 0 aromatic carbocycles. The molecule has 0 radical (unpaired) electrons. The first kappa shape index (κ1) is 10.1. The van der Waals surface area contributed by atoms with Crippen molar-refractivity contribution in [3.63, 3.8) is 0 Å². The monoisotopic (exact) mass is 185 g/mol. The van der Waals surface area contributed by atoms with Crippen LogP contribution in [0.25, 0.3) is 0 Å². The van der Waals surface area contributed by atoms with Gasteiger partial charge in [-0.1, -0.05) is 11.6 Å². The van der Waals surface area contributed by atoms with Gasteiger partial charge < -0.3 is 0 Å². The van der Waals surface area contributed by atoms with Crippen LogP contribution in [0.4, 0.5) is 0 Å². The van der Waals surface area contributed by atoms with Crippen molar-refractivity contribution in [3.05, 3.63) is 11.6 Å². The molecular formula is C10H19NS. The van der Waals surface area contributed by atoms with Gasteiger partial charge in [0.15, 0.2) is 0 Å². The van der Waals surface area contributed by atoms with Gasteiger partial charge in [0.2, 0.25) is 0 Å². The first-order valence-corrected chi connectivity index (χ1v) is 5.88. The molecule has 1 heterocycles. The first-order chi connectivity index (χ1) is 5.79. The van der Waals surface area contributed by atoms with E-state index >= 15 is 0 Å². The second kappa shape index (κ2) is 5.65. The van der Waals surface area contributed by atoms with Crippen LogP contribution in [0.15, 0.2) is 11.6 Å². The minimum Gasteiger partial charge on any atom is -0.299 e. The Bertz CT molecular complexity index is 142. The maximum atomic E-state index is 2.55. The Kier molecular flexibility index (Phi) is 4.77. The fourth-order valence-corrected chi connectivity index (χ4v) is 2.22. The molecule has 1 saturated heterocycles. The van der Waals surface area contributed by atoms with Gasteiger partial charge in [0, 0.05) is 18.8 Å². The van der Waals surface area contributed by atoms with E-state index in [1.807, 2.05) is 0 Å². The van der Waals surface area contributed by atoms with Gasteiger partial charge >= 0.3 is 0 Å². The second-order valence-corrected chi connectivity index (χ2v) is 4.77. The Morgan fingerprint density at radius 1 is 1.33 bits per heavy atom. The molecule has 1 aliphatic heterocycles. The van der Waals surface area contributed by atoms with Gasteiger partial charge in [-0.05, 0) is 32.6 Å². The van der Waals surface area contributed by atoms with E-state index in [0.29, 0.717) is 0 Å². The number of nitrogens with zero attached hydrogens (tertiary/aromatic N) is 1. The van der Waals surface area contributed by atoms with E-state index in [1.165, 1.54) is 36.6 Å². The SMILES string of the molecule is CC(C)=CCN1CCCSCC1. The molecule has 0 unspecified atom stereocenters. The zero-order valence-corrected chi connectivity index (χ0v) is 8.99. The zero-order valence-electron chi connectivity index (χ0n) is 8.18. The molecule has 0 atom stereocenters. The van der Waals surface area contributed by atoms with Gasteiger partial charge in [-0.2, -0.15) is 11.8 Å². The lowest BCUT2D eigenvalue weighted by molar-refractivity contribution is 0.327. The Labute approximate surface area is 80.2 Å². The van der Waals surface area contributed by atoms with Gasteiger partial charge in [0.05, 0.1) is 0 Å². The Morgan fingerprint density at radius 2 is 2.17 bits per heavy atom. The third-order valence-electron chi connectivity index (χ3n) is 2.07. The molecule has 1 rings (SSSR count). The van der Waals surface area contributed by atoms with Gasteiger partial charge in [0.1, 0.15) is 0 Å². The molecular weight excluding hydrogens is 166 g/mol. The topological polar surface area (TPSA) is 3.24 Å². The van der Waals surface area contributed by atoms with Gasteiger partial charge in [-0.3, -0.25) is 4.90 Å². The van der Waals surface area contributed by atoms with Crippen LogP contribution in [0.2, 0.25) is 0 Å². The third-order valence-corrected chi connectivity index (χ3v) is 3.12. The summed E-state index contributed by atoms with van der Waals surface area (Å²) in [6.45, 7) is 8.06. The summed E-state index contributed by atoms with van der Waals surface area (Å²) in [5.74, 6) is 2.67. The molecule has 12 heavy (non-hydrogen) atoms. The minimum atomic E-state index is 1.16. The molecule has 0 N–H and O–H groups in total. The van der Waals surface area contributed by atoms with Crippen molar-refractivity contribution in [2.24, 2.45) is 0 Å². The molecule has 1 nitrogen and oxygen atoms in total. The van der Waals surface area contributed by atoms with Crippen molar-refractivity contribution in [1.29, 1.82) is 0 Å². The minimum absolute atomic E-state index is 1.16. The largest absolute Gasteiger partial charge is 0.299 e. The lowest BCUT2D eigenvalue weighted by atomic mass is 10.3. The molecule has 0 aromatic heterocycles. The normalized spacial score (nSPS) is 20.2. The van der Waals surface area contributed by atoms with E-state index in [9.17, 15) is 0 Å². The van der Waals surface area contributed by atoms with Crippen molar-refractivity contribution < 1.29 is 0 Å². The van der Waals surface area contributed by atoms with Crippen molar-refractivity contribution in [3.8, 4) is 0 Å². The van der Waals surface area contributed by atoms with Crippen LogP contribution in [0, 0.1) is 0 Å². The van der Waals surface area contributed by atoms with Crippen LogP contribution in [-0.4, -0.2) is 36.0 Å². The summed E-state index contributed by atoms with van der Waals surface area (Å²) < 4.78 is 0. The molecule has 1 fully saturated rings. The summed E-state index contributed by atoms with van der Waals surface area (Å²) in [5, 5.41) is 0. The molecule has 0 aliphatic carbocycles. The molecule has 2 heteroatoms. The van der Waals surface area contributed by atoms with Crippen LogP contribution in [-0.2, 0) is 0 Å². The highest BCUT2D eigenvalue weighted by Gasteiger charge is 2.06. The number of hydrogen-bond acceptors (Lipinski definition) is 2. The van der Waals surface area contributed by atoms with Crippen LogP contribution < -0.4 is 0 Å². The van der Waals surface area contributed by atoms with Gasteiger partial charge in [0.25, 0.3) is 0 Å². The van der Waals surface area contributed by atoms with Crippen molar-refractivity contribution >= 4 is 11.8 Å². The van der Waals surface area contributed by atoms with E-state index in [0.717, 1.165) is 6.54 Å². The lowest BCUT2D eigenvalue weighted by Gasteiger charge is -2.16. The van der Waals surface area contributed by atoms with E-state index in [1.54, 1.807) is 0 Å². The number of allylic oxidation sites excluding steroid dienone is 1. The zero-order chi connectivity index (χ0) is 8.81. The smallest absolute Gasteiger partial charge is 0.0165 e. The second-order valence-electron chi connectivity index (χ2n) is 3.55. The molecule has 0 saturated carbocycles. The van der Waals surface area contributed by atoms with Crippen molar-refractivity contribution in [2.45, 2.75) is 20.3 Å². The van der Waals surface area contributed by atoms with E-state index in [4.69, 9.17) is 0 Å². The summed E-state index contributed by atoms with van der Waals surface area (Å²) in [7, 11) is 0. The average molecular weight is 185 g/mol. The fraction of sp³-hybridized carbons (Fsp3) is 0.800. The van der Waals surface area contributed by atoms with E-state index in [2.05, 4.69) is 36.6 Å². The Morgan fingerprint density at radius 3 is 2.92 bits per heavy atom. The maximum Gasteiger partial charge on any atom is 0.0165 e. The maximum absolute atomic E-state index is 2.55. The quantitative estimate of drug-likeness (QED) is 0.608. The highest BCUT2D eigenvalue weighted by atomic mass is 32.2. The van der Waals surface area contributed by atoms with Crippen LogP contribution >= 0.6 is 11.8 Å². The first-order valence-electron chi connectivity index (χ1n) is 4.72. The summed E-state index contributed by atoms with van der Waals surface area (Å²) in [6, 6.07) is 0. The Hall–Kier alpha value is 0.0500. The highest BCUT2D eigenvalue weighted by molar-refractivity contribution is 7.99. The van der Waals surface area contributed by atoms with E-state index < -0.39 is 0 Å². The van der Waals surface area contributed by atoms with Gasteiger partial charge in [-0.25, -0.2) is 0 Å². The molecule has 0 aromatic rings. The van der Waals surface area contributed by atoms with Crippen molar-refractivity contribution in [2.75, 3.05) is 31.1 Å². The van der Waals surface area contributed by atoms with Gasteiger partial charge in [-0.15, -0.1) is 0 Å². The average Bonchev–Trinajstić information content (AvgIpc) is 2.28. The molecule has 0 amide bonds. The molecule has 70 valence electrons. The molecule has 0 bridgehead atoms. The van der Waals surface area contributed by atoms with Crippen LogP contribution in [0.1, 0.15) is 20.3 Å². The highest BCUT2D eigenvalue weighted by Crippen LogP contribution is 2.09. The predicted octanol–water partition coefficient (Wildman–Crippen LogP) is 2.39. The summed E-state index contributed by atoms with van der Waals surface area (Å²) >= 11 is 2.09. The molecule has 1 aliphatic rings. The van der Waals surface area contributed by atoms with Crippen LogP contribution in [0.3, 0.4) is 0 Å². The Balaban J connectivity index is 2.25. The lowest BCUT2D eigenvalue weighted by Crippen LogP contribution is -2.26. The number of hydrogen-bond donors (Lipinski definition) is 0. The summed E-state index contributed by atoms with van der Waals surface area (Å²) in [5.41, 5.74) is 1.44. The third kappa shape index (κ3) is 4.17. The molecule has 0 spiro atoms. The van der Waals surface area contributed by atoms with E-state index in [-0.39, 0.29) is 0 Å². The summed E-state index contributed by atoms with van der Waals surface area (Å²) in [6.07, 6.45) is 3.69. The predicted molar refractivity (Wildman–Crippen MR) is 57.8 cm³/mol.